The van der Waals surface area contributed by atoms with Gasteiger partial charge in [0.2, 0.25) is 10.0 Å². The van der Waals surface area contributed by atoms with Crippen molar-refractivity contribution < 1.29 is 17.9 Å². The fraction of sp³-hybridized carbons (Fsp3) is 0.316. The SMILES string of the molecule is CC(C)(C)c1ccc(OCC(=O)NCc2cccc(S(N)(=O)=O)c2)cc1. The van der Waals surface area contributed by atoms with Crippen molar-refractivity contribution in [2.45, 2.75) is 37.6 Å². The van der Waals surface area contributed by atoms with Gasteiger partial charge in [-0.05, 0) is 40.8 Å². The Morgan fingerprint density at radius 1 is 1.12 bits per heavy atom. The number of primary sulfonamides is 1. The number of ether oxygens (including phenoxy) is 1. The number of hydrogen-bond acceptors (Lipinski definition) is 4. The molecule has 0 bridgehead atoms. The molecule has 0 heterocycles. The Bertz CT molecular complexity index is 869. The minimum absolute atomic E-state index is 0.0134. The number of carbonyl (C=O) groups is 1. The molecule has 26 heavy (non-hydrogen) atoms. The molecule has 0 fully saturated rings. The summed E-state index contributed by atoms with van der Waals surface area (Å²) >= 11 is 0. The lowest BCUT2D eigenvalue weighted by molar-refractivity contribution is -0.123. The second-order valence-electron chi connectivity index (χ2n) is 7.03. The average Bonchev–Trinajstić information content (AvgIpc) is 2.57. The zero-order valence-electron chi connectivity index (χ0n) is 15.2. The molecule has 6 nitrogen and oxygen atoms in total. The van der Waals surface area contributed by atoms with Gasteiger partial charge in [-0.25, -0.2) is 13.6 Å². The first-order valence-corrected chi connectivity index (χ1v) is 9.72. The highest BCUT2D eigenvalue weighted by Gasteiger charge is 2.13. The van der Waals surface area contributed by atoms with Crippen molar-refractivity contribution in [1.82, 2.24) is 5.32 Å². The van der Waals surface area contributed by atoms with Crippen LogP contribution in [-0.2, 0) is 26.8 Å². The molecule has 0 radical (unpaired) electrons. The Balaban J connectivity index is 1.86. The van der Waals surface area contributed by atoms with E-state index in [-0.39, 0.29) is 29.4 Å². The summed E-state index contributed by atoms with van der Waals surface area (Å²) in [6.07, 6.45) is 0. The first kappa shape index (κ1) is 19.9. The van der Waals surface area contributed by atoms with Crippen LogP contribution < -0.4 is 15.2 Å². The molecule has 3 N–H and O–H groups in total. The molecular weight excluding hydrogens is 352 g/mol. The van der Waals surface area contributed by atoms with Crippen LogP contribution in [0.15, 0.2) is 53.4 Å². The second kappa shape index (κ2) is 7.88. The van der Waals surface area contributed by atoms with Gasteiger partial charge in [0.05, 0.1) is 4.90 Å². The van der Waals surface area contributed by atoms with Gasteiger partial charge in [-0.15, -0.1) is 0 Å². The maximum atomic E-state index is 11.9. The van der Waals surface area contributed by atoms with Crippen LogP contribution in [0.4, 0.5) is 0 Å². The number of benzene rings is 2. The van der Waals surface area contributed by atoms with Crippen LogP contribution in [0.25, 0.3) is 0 Å². The third-order valence-electron chi connectivity index (χ3n) is 3.81. The van der Waals surface area contributed by atoms with Crippen LogP contribution >= 0.6 is 0 Å². The Morgan fingerprint density at radius 3 is 2.35 bits per heavy atom. The molecule has 2 rings (SSSR count). The molecule has 1 amide bonds. The smallest absolute Gasteiger partial charge is 0.258 e. The lowest BCUT2D eigenvalue weighted by atomic mass is 9.87. The summed E-state index contributed by atoms with van der Waals surface area (Å²) in [5.41, 5.74) is 1.88. The summed E-state index contributed by atoms with van der Waals surface area (Å²) in [7, 11) is -3.76. The molecule has 0 saturated heterocycles. The molecule has 140 valence electrons. The van der Waals surface area contributed by atoms with E-state index >= 15 is 0 Å². The van der Waals surface area contributed by atoms with Crippen molar-refractivity contribution in [3.63, 3.8) is 0 Å². The highest BCUT2D eigenvalue weighted by atomic mass is 32.2. The fourth-order valence-electron chi connectivity index (χ4n) is 2.28. The topological polar surface area (TPSA) is 98.5 Å². The monoisotopic (exact) mass is 376 g/mol. The number of amides is 1. The van der Waals surface area contributed by atoms with E-state index in [4.69, 9.17) is 9.88 Å². The van der Waals surface area contributed by atoms with Crippen LogP contribution in [0.1, 0.15) is 31.9 Å². The van der Waals surface area contributed by atoms with Gasteiger partial charge >= 0.3 is 0 Å². The van der Waals surface area contributed by atoms with Crippen molar-refractivity contribution in [3.8, 4) is 5.75 Å². The standard InChI is InChI=1S/C19H24N2O4S/c1-19(2,3)15-7-9-16(10-8-15)25-13-18(22)21-12-14-5-4-6-17(11-14)26(20,23)24/h4-11H,12-13H2,1-3H3,(H,21,22)(H2,20,23,24). The third-order valence-corrected chi connectivity index (χ3v) is 4.72. The van der Waals surface area contributed by atoms with Crippen molar-refractivity contribution in [2.75, 3.05) is 6.61 Å². The van der Waals surface area contributed by atoms with E-state index in [2.05, 4.69) is 26.1 Å². The second-order valence-corrected chi connectivity index (χ2v) is 8.59. The predicted octanol–water partition coefficient (Wildman–Crippen LogP) is 2.33. The normalized spacial score (nSPS) is 11.8. The highest BCUT2D eigenvalue weighted by Crippen LogP contribution is 2.24. The molecule has 0 spiro atoms. The first-order chi connectivity index (χ1) is 12.1. The van der Waals surface area contributed by atoms with Crippen LogP contribution in [0.5, 0.6) is 5.75 Å². The quantitative estimate of drug-likeness (QED) is 0.808. The number of nitrogens with two attached hydrogens (primary N) is 1. The van der Waals surface area contributed by atoms with Gasteiger partial charge in [-0.1, -0.05) is 45.0 Å². The molecule has 2 aromatic carbocycles. The average molecular weight is 376 g/mol. The number of carbonyl (C=O) groups excluding carboxylic acids is 1. The maximum absolute atomic E-state index is 11.9. The summed E-state index contributed by atoms with van der Waals surface area (Å²) in [6, 6.07) is 13.8. The largest absolute Gasteiger partial charge is 0.484 e. The molecular formula is C19H24N2O4S. The van der Waals surface area contributed by atoms with Crippen LogP contribution in [0, 0.1) is 0 Å². The van der Waals surface area contributed by atoms with E-state index in [1.165, 1.54) is 17.7 Å². The molecule has 0 saturated carbocycles. The molecule has 0 aromatic heterocycles. The number of sulfonamides is 1. The number of rotatable bonds is 6. The molecule has 7 heteroatoms. The highest BCUT2D eigenvalue weighted by molar-refractivity contribution is 7.89. The van der Waals surface area contributed by atoms with Gasteiger partial charge in [-0.2, -0.15) is 0 Å². The predicted molar refractivity (Wildman–Crippen MR) is 100 cm³/mol. The number of nitrogens with one attached hydrogen (secondary N) is 1. The van der Waals surface area contributed by atoms with Gasteiger partial charge in [0.15, 0.2) is 6.61 Å². The third kappa shape index (κ3) is 5.86. The summed E-state index contributed by atoms with van der Waals surface area (Å²) in [6.45, 7) is 6.45. The van der Waals surface area contributed by atoms with Gasteiger partial charge in [0.25, 0.3) is 5.91 Å². The van der Waals surface area contributed by atoms with Gasteiger partial charge < -0.3 is 10.1 Å². The van der Waals surface area contributed by atoms with Crippen molar-refractivity contribution >= 4 is 15.9 Å². The van der Waals surface area contributed by atoms with E-state index in [0.29, 0.717) is 11.3 Å². The summed E-state index contributed by atoms with van der Waals surface area (Å²) in [4.78, 5) is 11.9. The van der Waals surface area contributed by atoms with Gasteiger partial charge in [0, 0.05) is 6.54 Å². The summed E-state index contributed by atoms with van der Waals surface area (Å²) < 4.78 is 28.2. The number of hydrogen-bond donors (Lipinski definition) is 2. The van der Waals surface area contributed by atoms with Crippen LogP contribution in [0.3, 0.4) is 0 Å². The van der Waals surface area contributed by atoms with E-state index in [1.54, 1.807) is 12.1 Å². The lowest BCUT2D eigenvalue weighted by Gasteiger charge is -2.19. The van der Waals surface area contributed by atoms with E-state index in [9.17, 15) is 13.2 Å². The Kier molecular flexibility index (Phi) is 6.05. The van der Waals surface area contributed by atoms with Crippen LogP contribution in [-0.4, -0.2) is 20.9 Å². The van der Waals surface area contributed by atoms with Gasteiger partial charge in [0.1, 0.15) is 5.75 Å². The molecule has 0 unspecified atom stereocenters. The Labute approximate surface area is 154 Å². The lowest BCUT2D eigenvalue weighted by Crippen LogP contribution is -2.28. The Morgan fingerprint density at radius 2 is 1.77 bits per heavy atom. The molecule has 2 aromatic rings. The molecule has 0 atom stereocenters. The first-order valence-electron chi connectivity index (χ1n) is 8.17. The van der Waals surface area contributed by atoms with Gasteiger partial charge in [-0.3, -0.25) is 4.79 Å². The van der Waals surface area contributed by atoms with Crippen LogP contribution in [0.2, 0.25) is 0 Å². The molecule has 0 aliphatic carbocycles. The minimum Gasteiger partial charge on any atom is -0.484 e. The zero-order chi connectivity index (χ0) is 19.4. The molecule has 0 aliphatic heterocycles. The summed E-state index contributed by atoms with van der Waals surface area (Å²) in [5, 5.41) is 7.78. The van der Waals surface area contributed by atoms with E-state index in [1.807, 2.05) is 24.3 Å². The van der Waals surface area contributed by atoms with Crippen molar-refractivity contribution in [2.24, 2.45) is 5.14 Å². The fourth-order valence-corrected chi connectivity index (χ4v) is 2.87. The Hall–Kier alpha value is -2.38. The zero-order valence-corrected chi connectivity index (χ0v) is 16.0. The van der Waals surface area contributed by atoms with E-state index < -0.39 is 10.0 Å². The summed E-state index contributed by atoms with van der Waals surface area (Å²) in [5.74, 6) is 0.315. The molecule has 0 aliphatic rings. The van der Waals surface area contributed by atoms with Crippen molar-refractivity contribution in [3.05, 3.63) is 59.7 Å². The minimum atomic E-state index is -3.76. The maximum Gasteiger partial charge on any atom is 0.258 e. The van der Waals surface area contributed by atoms with Crippen molar-refractivity contribution in [1.29, 1.82) is 0 Å². The van der Waals surface area contributed by atoms with E-state index in [0.717, 1.165) is 0 Å².